The molecule has 2 saturated heterocycles. The lowest BCUT2D eigenvalue weighted by Crippen LogP contribution is -2.50. The van der Waals surface area contributed by atoms with Crippen molar-refractivity contribution in [2.24, 2.45) is 4.99 Å². The lowest BCUT2D eigenvalue weighted by atomic mass is 9.97. The van der Waals surface area contributed by atoms with Crippen molar-refractivity contribution in [1.82, 2.24) is 4.90 Å². The van der Waals surface area contributed by atoms with Gasteiger partial charge in [0.2, 0.25) is 0 Å². The van der Waals surface area contributed by atoms with Gasteiger partial charge in [-0.1, -0.05) is 18.7 Å². The molecule has 0 spiro atoms. The Hall–Kier alpha value is -1.04. The number of carbonyl (C=O) groups excluding carboxylic acids is 1. The second-order valence-electron chi connectivity index (χ2n) is 5.57. The van der Waals surface area contributed by atoms with Gasteiger partial charge in [-0.3, -0.25) is 9.79 Å². The third kappa shape index (κ3) is 1.88. The molecule has 1 unspecified atom stereocenters. The number of hydrogen-bond acceptors (Lipinski definition) is 4. The zero-order chi connectivity index (χ0) is 13.6. The van der Waals surface area contributed by atoms with Gasteiger partial charge in [-0.25, -0.2) is 4.79 Å². The number of rotatable bonds is 3. The average molecular weight is 282 g/mol. The summed E-state index contributed by atoms with van der Waals surface area (Å²) < 4.78 is 0. The van der Waals surface area contributed by atoms with Gasteiger partial charge in [0.1, 0.15) is 5.54 Å². The molecule has 5 nitrogen and oxygen atoms in total. The van der Waals surface area contributed by atoms with Crippen molar-refractivity contribution in [1.29, 1.82) is 0 Å². The van der Waals surface area contributed by atoms with Crippen LogP contribution in [0, 0.1) is 0 Å². The molecule has 6 heteroatoms. The lowest BCUT2D eigenvalue weighted by molar-refractivity contribution is -0.137. The Morgan fingerprint density at radius 3 is 2.37 bits per heavy atom. The number of nitrogens with zero attached hydrogens (tertiary/aromatic N) is 2. The van der Waals surface area contributed by atoms with E-state index in [4.69, 9.17) is 5.11 Å². The Morgan fingerprint density at radius 2 is 1.95 bits per heavy atom. The standard InChI is InChI=1S/C13H18N2O3S/c1-2-13(7-19-10(14-13)11(16)17)12(18)15-8-3-4-9(15)6-5-8/h8-9H,2-7H2,1H3,(H,16,17). The minimum atomic E-state index is -1.02. The van der Waals surface area contributed by atoms with Gasteiger partial charge in [0, 0.05) is 17.8 Å². The van der Waals surface area contributed by atoms with Crippen LogP contribution in [0.15, 0.2) is 4.99 Å². The molecule has 0 aromatic rings. The molecule has 1 amide bonds. The van der Waals surface area contributed by atoms with Crippen molar-refractivity contribution >= 4 is 28.7 Å². The molecule has 0 aromatic heterocycles. The highest BCUT2D eigenvalue weighted by atomic mass is 32.2. The first kappa shape index (κ1) is 13.0. The highest BCUT2D eigenvalue weighted by Crippen LogP contribution is 2.42. The summed E-state index contributed by atoms with van der Waals surface area (Å²) in [6.07, 6.45) is 4.96. The maximum atomic E-state index is 12.8. The molecule has 3 heterocycles. The summed E-state index contributed by atoms with van der Waals surface area (Å²) >= 11 is 1.19. The molecule has 1 atom stereocenters. The molecule has 19 heavy (non-hydrogen) atoms. The van der Waals surface area contributed by atoms with Crippen LogP contribution >= 0.6 is 11.8 Å². The van der Waals surface area contributed by atoms with Crippen molar-refractivity contribution in [3.63, 3.8) is 0 Å². The maximum Gasteiger partial charge on any atom is 0.360 e. The van der Waals surface area contributed by atoms with Crippen LogP contribution in [-0.4, -0.2) is 50.3 Å². The van der Waals surface area contributed by atoms with Crippen LogP contribution in [0.3, 0.4) is 0 Å². The zero-order valence-electron chi connectivity index (χ0n) is 11.0. The van der Waals surface area contributed by atoms with E-state index in [0.717, 1.165) is 25.7 Å². The molecule has 3 rings (SSSR count). The van der Waals surface area contributed by atoms with E-state index >= 15 is 0 Å². The zero-order valence-corrected chi connectivity index (χ0v) is 11.8. The number of carboxylic acid groups (broad SMARTS) is 1. The molecule has 2 bridgehead atoms. The second-order valence-corrected chi connectivity index (χ2v) is 6.53. The lowest BCUT2D eigenvalue weighted by Gasteiger charge is -2.31. The Kier molecular flexibility index (Phi) is 3.08. The Balaban J connectivity index is 1.87. The number of hydrogen-bond donors (Lipinski definition) is 1. The molecular formula is C13H18N2O3S. The van der Waals surface area contributed by atoms with Gasteiger partial charge in [-0.15, -0.1) is 0 Å². The monoisotopic (exact) mass is 282 g/mol. The summed E-state index contributed by atoms with van der Waals surface area (Å²) in [5, 5.41) is 9.11. The van der Waals surface area contributed by atoms with E-state index in [1.54, 1.807) is 0 Å². The van der Waals surface area contributed by atoms with Crippen molar-refractivity contribution in [2.75, 3.05) is 5.75 Å². The number of amides is 1. The van der Waals surface area contributed by atoms with Crippen molar-refractivity contribution in [3.8, 4) is 0 Å². The van der Waals surface area contributed by atoms with Crippen molar-refractivity contribution in [3.05, 3.63) is 0 Å². The summed E-state index contributed by atoms with van der Waals surface area (Å²) in [6, 6.07) is 0.741. The number of carboxylic acids is 1. The van der Waals surface area contributed by atoms with Crippen molar-refractivity contribution in [2.45, 2.75) is 56.7 Å². The summed E-state index contributed by atoms with van der Waals surface area (Å²) in [5.74, 6) is -0.485. The van der Waals surface area contributed by atoms with Gasteiger partial charge in [0.05, 0.1) is 0 Å². The molecule has 0 saturated carbocycles. The third-order valence-electron chi connectivity index (χ3n) is 4.62. The number of fused-ring (bicyclic) bond motifs is 2. The fourth-order valence-corrected chi connectivity index (χ4v) is 4.61. The quantitative estimate of drug-likeness (QED) is 0.852. The topological polar surface area (TPSA) is 70.0 Å². The maximum absolute atomic E-state index is 12.8. The fraction of sp³-hybridized carbons (Fsp3) is 0.769. The highest BCUT2D eigenvalue weighted by Gasteiger charge is 2.51. The largest absolute Gasteiger partial charge is 0.476 e. The number of thioether (sulfide) groups is 1. The summed E-state index contributed by atoms with van der Waals surface area (Å²) in [5.41, 5.74) is -0.830. The van der Waals surface area contributed by atoms with Gasteiger partial charge in [0.15, 0.2) is 5.04 Å². The summed E-state index contributed by atoms with van der Waals surface area (Å²) in [6.45, 7) is 1.92. The molecule has 0 aromatic carbocycles. The van der Waals surface area contributed by atoms with E-state index in [2.05, 4.69) is 4.99 Å². The summed E-state index contributed by atoms with van der Waals surface area (Å²) in [4.78, 5) is 30.1. The molecule has 1 N–H and O–H groups in total. The first-order valence-corrected chi connectivity index (χ1v) is 7.84. The number of aliphatic imine (C=N–C) groups is 1. The van der Waals surface area contributed by atoms with Gasteiger partial charge in [0.25, 0.3) is 5.91 Å². The van der Waals surface area contributed by atoms with Gasteiger partial charge < -0.3 is 10.0 Å². The van der Waals surface area contributed by atoms with Gasteiger partial charge in [-0.05, 0) is 32.1 Å². The second kappa shape index (κ2) is 4.51. The fourth-order valence-electron chi connectivity index (χ4n) is 3.48. The van der Waals surface area contributed by atoms with Gasteiger partial charge in [-0.2, -0.15) is 0 Å². The average Bonchev–Trinajstić information content (AvgIpc) is 3.12. The third-order valence-corrected chi connectivity index (χ3v) is 5.78. The first-order valence-electron chi connectivity index (χ1n) is 6.86. The number of carbonyl (C=O) groups is 2. The SMILES string of the molecule is CCC1(C(=O)N2C3CCC2CC3)CSC(C(=O)O)=N1. The minimum Gasteiger partial charge on any atom is -0.476 e. The molecule has 104 valence electrons. The van der Waals surface area contributed by atoms with Crippen LogP contribution in [0.1, 0.15) is 39.0 Å². The molecule has 0 aliphatic carbocycles. The van der Waals surface area contributed by atoms with Gasteiger partial charge >= 0.3 is 5.97 Å². The Labute approximate surface area is 116 Å². The number of aliphatic carboxylic acids is 1. The Bertz CT molecular complexity index is 445. The minimum absolute atomic E-state index is 0.0590. The van der Waals surface area contributed by atoms with Crippen LogP contribution in [0.25, 0.3) is 0 Å². The molecular weight excluding hydrogens is 264 g/mol. The van der Waals surface area contributed by atoms with E-state index in [9.17, 15) is 9.59 Å². The molecule has 0 radical (unpaired) electrons. The van der Waals surface area contributed by atoms with E-state index in [1.807, 2.05) is 11.8 Å². The van der Waals surface area contributed by atoms with Crippen molar-refractivity contribution < 1.29 is 14.7 Å². The normalized spacial score (nSPS) is 36.7. The molecule has 3 aliphatic rings. The van der Waals surface area contributed by atoms with E-state index < -0.39 is 11.5 Å². The Morgan fingerprint density at radius 1 is 1.37 bits per heavy atom. The van der Waals surface area contributed by atoms with Crippen LogP contribution in [0.4, 0.5) is 0 Å². The van der Waals surface area contributed by atoms with Crippen LogP contribution in [0.5, 0.6) is 0 Å². The highest BCUT2D eigenvalue weighted by molar-refractivity contribution is 8.16. The van der Waals surface area contributed by atoms with E-state index in [1.165, 1.54) is 11.8 Å². The van der Waals surface area contributed by atoms with E-state index in [-0.39, 0.29) is 11.0 Å². The predicted octanol–water partition coefficient (Wildman–Crippen LogP) is 1.52. The van der Waals surface area contributed by atoms with Crippen LogP contribution < -0.4 is 0 Å². The summed E-state index contributed by atoms with van der Waals surface area (Å²) in [7, 11) is 0. The van der Waals surface area contributed by atoms with Crippen LogP contribution in [-0.2, 0) is 9.59 Å². The van der Waals surface area contributed by atoms with Crippen LogP contribution in [0.2, 0.25) is 0 Å². The molecule has 2 fully saturated rings. The first-order chi connectivity index (χ1) is 9.07. The smallest absolute Gasteiger partial charge is 0.360 e. The van der Waals surface area contributed by atoms with E-state index in [0.29, 0.717) is 24.3 Å². The molecule has 3 aliphatic heterocycles. The predicted molar refractivity (Wildman–Crippen MR) is 73.4 cm³/mol.